The number of carbonyl (C=O) groups excluding carboxylic acids is 2. The standard InChI is InChI=1S/C25H44N6O5/c1-24(2)15-9-10-25(24,3)18(12-15)30-20(33)16(11-14-7-5-4-6-8-14)28-23(36)29-17(21(34)35)13-19(32)31-22(26)27/h14-19,32H,4-13H2,1-3H3,(H,30,33)(H,34,35)(H4,26,27,31)(H2,28,29,36)/t15?,16-,17?,18+,19?,25+/m1/s1. The van der Waals surface area contributed by atoms with Gasteiger partial charge in [-0.25, -0.2) is 9.59 Å². The van der Waals surface area contributed by atoms with E-state index in [1.165, 1.54) is 12.8 Å². The zero-order chi connectivity index (χ0) is 26.7. The lowest BCUT2D eigenvalue weighted by molar-refractivity contribution is -0.140. The van der Waals surface area contributed by atoms with E-state index in [0.717, 1.165) is 38.5 Å². The van der Waals surface area contributed by atoms with Crippen molar-refractivity contribution in [1.82, 2.24) is 21.3 Å². The van der Waals surface area contributed by atoms with Crippen LogP contribution in [0, 0.1) is 28.1 Å². The van der Waals surface area contributed by atoms with Crippen LogP contribution in [-0.4, -0.2) is 58.4 Å². The summed E-state index contributed by atoms with van der Waals surface area (Å²) >= 11 is 0. The molecule has 3 aliphatic rings. The molecule has 0 spiro atoms. The zero-order valence-electron chi connectivity index (χ0n) is 21.7. The van der Waals surface area contributed by atoms with Gasteiger partial charge in [-0.05, 0) is 48.3 Å². The minimum Gasteiger partial charge on any atom is -0.480 e. The lowest BCUT2D eigenvalue weighted by atomic mass is 9.69. The van der Waals surface area contributed by atoms with Crippen molar-refractivity contribution in [3.8, 4) is 0 Å². The fraction of sp³-hybridized carbons (Fsp3) is 0.840. The van der Waals surface area contributed by atoms with Gasteiger partial charge >= 0.3 is 12.0 Å². The van der Waals surface area contributed by atoms with Gasteiger partial charge in [-0.3, -0.25) is 10.2 Å². The van der Waals surface area contributed by atoms with Crippen LogP contribution in [0.3, 0.4) is 0 Å². The lowest BCUT2D eigenvalue weighted by Gasteiger charge is -2.40. The molecule has 3 rings (SSSR count). The molecule has 3 saturated carbocycles. The van der Waals surface area contributed by atoms with Crippen LogP contribution in [0.2, 0.25) is 0 Å². The van der Waals surface area contributed by atoms with Gasteiger partial charge in [0.25, 0.3) is 0 Å². The molecule has 3 aliphatic carbocycles. The van der Waals surface area contributed by atoms with Crippen LogP contribution >= 0.6 is 0 Å². The number of rotatable bonds is 10. The molecule has 0 aliphatic heterocycles. The third kappa shape index (κ3) is 6.22. The summed E-state index contributed by atoms with van der Waals surface area (Å²) < 4.78 is 0. The number of guanidine groups is 1. The summed E-state index contributed by atoms with van der Waals surface area (Å²) in [5, 5.41) is 37.0. The summed E-state index contributed by atoms with van der Waals surface area (Å²) in [4.78, 5) is 38.0. The molecule has 11 nitrogen and oxygen atoms in total. The van der Waals surface area contributed by atoms with Gasteiger partial charge in [0, 0.05) is 12.5 Å². The molecule has 3 unspecified atom stereocenters. The third-order valence-electron chi connectivity index (χ3n) is 9.41. The molecule has 0 radical (unpaired) electrons. The molecular weight excluding hydrogens is 464 g/mol. The van der Waals surface area contributed by atoms with Gasteiger partial charge in [0.2, 0.25) is 5.91 Å². The van der Waals surface area contributed by atoms with Crippen LogP contribution < -0.4 is 27.0 Å². The number of fused-ring (bicyclic) bond motifs is 2. The number of nitrogens with two attached hydrogens (primary N) is 1. The first-order chi connectivity index (χ1) is 16.8. The number of aliphatic carboxylic acids is 1. The second-order valence-electron chi connectivity index (χ2n) is 11.8. The molecule has 0 aromatic carbocycles. The van der Waals surface area contributed by atoms with Gasteiger partial charge in [-0.1, -0.05) is 52.9 Å². The fourth-order valence-electron chi connectivity index (χ4n) is 6.72. The Balaban J connectivity index is 1.66. The van der Waals surface area contributed by atoms with Crippen LogP contribution in [0.25, 0.3) is 0 Å². The predicted molar refractivity (Wildman–Crippen MR) is 135 cm³/mol. The highest BCUT2D eigenvalue weighted by molar-refractivity contribution is 5.89. The van der Waals surface area contributed by atoms with E-state index >= 15 is 0 Å². The van der Waals surface area contributed by atoms with Crippen molar-refractivity contribution < 1.29 is 24.6 Å². The maximum Gasteiger partial charge on any atom is 0.326 e. The van der Waals surface area contributed by atoms with Crippen molar-refractivity contribution in [3.63, 3.8) is 0 Å². The summed E-state index contributed by atoms with van der Waals surface area (Å²) in [6.45, 7) is 6.81. The molecule has 0 saturated heterocycles. The smallest absolute Gasteiger partial charge is 0.326 e. The van der Waals surface area contributed by atoms with E-state index in [-0.39, 0.29) is 22.8 Å². The quantitative estimate of drug-likeness (QED) is 0.125. The van der Waals surface area contributed by atoms with E-state index in [2.05, 4.69) is 42.0 Å². The average molecular weight is 509 g/mol. The number of carboxylic acid groups (broad SMARTS) is 1. The Kier molecular flexibility index (Phi) is 8.74. The Hall–Kier alpha value is -2.56. The number of nitrogens with one attached hydrogen (secondary N) is 5. The SMILES string of the molecule is CC1(C)C2CC[C@@]1(C)[C@@H](NC(=O)[C@@H](CC1CCCCC1)NC(=O)NC(CC(O)NC(=N)N)C(=O)O)C2. The first-order valence-electron chi connectivity index (χ1n) is 13.2. The van der Waals surface area contributed by atoms with Crippen molar-refractivity contribution in [2.45, 2.75) is 109 Å². The molecule has 36 heavy (non-hydrogen) atoms. The second-order valence-corrected chi connectivity index (χ2v) is 11.8. The van der Waals surface area contributed by atoms with Crippen molar-refractivity contribution in [1.29, 1.82) is 5.41 Å². The number of aliphatic hydroxyl groups excluding tert-OH is 1. The summed E-state index contributed by atoms with van der Waals surface area (Å²) in [5.74, 6) is -1.21. The van der Waals surface area contributed by atoms with E-state index in [1.807, 2.05) is 0 Å². The van der Waals surface area contributed by atoms with Crippen LogP contribution in [0.1, 0.15) is 85.0 Å². The third-order valence-corrected chi connectivity index (χ3v) is 9.41. The molecule has 6 atom stereocenters. The zero-order valence-corrected chi connectivity index (χ0v) is 21.7. The summed E-state index contributed by atoms with van der Waals surface area (Å²) in [6, 6.07) is -2.96. The van der Waals surface area contributed by atoms with E-state index in [0.29, 0.717) is 18.3 Å². The molecule has 3 fully saturated rings. The van der Waals surface area contributed by atoms with Gasteiger partial charge in [-0.15, -0.1) is 0 Å². The maximum atomic E-state index is 13.5. The van der Waals surface area contributed by atoms with Gasteiger partial charge in [0.15, 0.2) is 5.96 Å². The predicted octanol–water partition coefficient (Wildman–Crippen LogP) is 1.60. The Bertz CT molecular complexity index is 845. The number of carboxylic acids is 1. The second kappa shape index (κ2) is 11.2. The minimum atomic E-state index is -1.43. The van der Waals surface area contributed by atoms with Gasteiger partial charge < -0.3 is 37.2 Å². The minimum absolute atomic E-state index is 0.000766. The molecule has 11 heteroatoms. The molecule has 9 N–H and O–H groups in total. The van der Waals surface area contributed by atoms with Crippen LogP contribution in [0.15, 0.2) is 0 Å². The van der Waals surface area contributed by atoms with Gasteiger partial charge in [-0.2, -0.15) is 0 Å². The van der Waals surface area contributed by atoms with Crippen molar-refractivity contribution >= 4 is 23.9 Å². The largest absolute Gasteiger partial charge is 0.480 e. The van der Waals surface area contributed by atoms with Crippen molar-refractivity contribution in [3.05, 3.63) is 0 Å². The average Bonchev–Trinajstić information content (AvgIpc) is 3.12. The summed E-state index contributed by atoms with van der Waals surface area (Å²) in [7, 11) is 0. The monoisotopic (exact) mass is 508 g/mol. The number of hydrogen-bond donors (Lipinski definition) is 8. The van der Waals surface area contributed by atoms with Crippen molar-refractivity contribution in [2.75, 3.05) is 0 Å². The van der Waals surface area contributed by atoms with Crippen molar-refractivity contribution in [2.24, 2.45) is 28.4 Å². The topological polar surface area (TPSA) is 190 Å². The van der Waals surface area contributed by atoms with Gasteiger partial charge in [0.1, 0.15) is 18.3 Å². The Morgan fingerprint density at radius 2 is 1.67 bits per heavy atom. The number of urea groups is 1. The number of carbonyl (C=O) groups is 3. The molecule has 0 aromatic heterocycles. The molecule has 0 aromatic rings. The first-order valence-corrected chi connectivity index (χ1v) is 13.2. The highest BCUT2D eigenvalue weighted by Crippen LogP contribution is 2.65. The maximum absolute atomic E-state index is 13.5. The Morgan fingerprint density at radius 1 is 1.03 bits per heavy atom. The Labute approximate surface area is 213 Å². The number of amides is 3. The Morgan fingerprint density at radius 3 is 2.19 bits per heavy atom. The first kappa shape index (κ1) is 28.0. The van der Waals surface area contributed by atoms with Crippen LogP contribution in [0.5, 0.6) is 0 Å². The highest BCUT2D eigenvalue weighted by Gasteiger charge is 2.61. The molecular formula is C25H44N6O5. The molecule has 0 heterocycles. The van der Waals surface area contributed by atoms with Crippen LogP contribution in [-0.2, 0) is 9.59 Å². The van der Waals surface area contributed by atoms with E-state index in [1.54, 1.807) is 0 Å². The highest BCUT2D eigenvalue weighted by atomic mass is 16.4. The molecule has 3 amide bonds. The van der Waals surface area contributed by atoms with Crippen LogP contribution in [0.4, 0.5) is 4.79 Å². The lowest BCUT2D eigenvalue weighted by Crippen LogP contribution is -2.57. The molecule has 2 bridgehead atoms. The van der Waals surface area contributed by atoms with Gasteiger partial charge in [0.05, 0.1) is 0 Å². The summed E-state index contributed by atoms with van der Waals surface area (Å²) in [6.07, 6.45) is 7.22. The van der Waals surface area contributed by atoms with E-state index < -0.39 is 42.7 Å². The number of aliphatic hydroxyl groups is 1. The van der Waals surface area contributed by atoms with E-state index in [9.17, 15) is 24.6 Å². The fourth-order valence-corrected chi connectivity index (χ4v) is 6.72. The summed E-state index contributed by atoms with van der Waals surface area (Å²) in [5.41, 5.74) is 5.31. The van der Waals surface area contributed by atoms with E-state index in [4.69, 9.17) is 11.1 Å². The molecule has 204 valence electrons. The normalized spacial score (nSPS) is 29.6. The number of hydrogen-bond acceptors (Lipinski definition) is 5.